The topological polar surface area (TPSA) is 34.2 Å². The molecule has 2 aromatic rings. The van der Waals surface area contributed by atoms with E-state index in [9.17, 15) is 0 Å². The molecule has 102 valence electrons. The van der Waals surface area contributed by atoms with Crippen molar-refractivity contribution < 1.29 is 4.74 Å². The number of benzene rings is 1. The first kappa shape index (κ1) is 14.3. The third kappa shape index (κ3) is 3.47. The summed E-state index contributed by atoms with van der Waals surface area (Å²) in [5, 5.41) is 6.25. The first-order valence-electron chi connectivity index (χ1n) is 6.21. The van der Waals surface area contributed by atoms with E-state index < -0.39 is 0 Å². The lowest BCUT2D eigenvalue weighted by molar-refractivity contribution is 0.403. The van der Waals surface area contributed by atoms with Gasteiger partial charge >= 0.3 is 0 Å². The van der Waals surface area contributed by atoms with Crippen LogP contribution >= 0.6 is 22.9 Å². The van der Waals surface area contributed by atoms with E-state index in [1.54, 1.807) is 18.4 Å². The Kier molecular flexibility index (Phi) is 5.19. The van der Waals surface area contributed by atoms with E-state index in [0.29, 0.717) is 5.02 Å². The summed E-state index contributed by atoms with van der Waals surface area (Å²) in [6.07, 6.45) is 1.06. The molecule has 5 heteroatoms. The van der Waals surface area contributed by atoms with Crippen LogP contribution in [-0.2, 0) is 0 Å². The van der Waals surface area contributed by atoms with E-state index in [1.165, 1.54) is 0 Å². The first-order chi connectivity index (χ1) is 9.26. The number of hydrogen-bond donors (Lipinski definition) is 1. The third-order valence-electron chi connectivity index (χ3n) is 2.85. The van der Waals surface area contributed by atoms with Gasteiger partial charge in [0, 0.05) is 16.0 Å². The molecule has 1 unspecified atom stereocenters. The lowest BCUT2D eigenvalue weighted by Crippen LogP contribution is -2.24. The van der Waals surface area contributed by atoms with Crippen LogP contribution in [-0.4, -0.2) is 18.6 Å². The molecule has 3 nitrogen and oxygen atoms in total. The molecular formula is C14H17ClN2OS. The Labute approximate surface area is 122 Å². The molecule has 1 N–H and O–H groups in total. The molecule has 0 aliphatic heterocycles. The summed E-state index contributed by atoms with van der Waals surface area (Å²) in [6.45, 7) is 3.05. The van der Waals surface area contributed by atoms with Crippen LogP contribution in [0.3, 0.4) is 0 Å². The van der Waals surface area contributed by atoms with Crippen LogP contribution in [0.15, 0.2) is 29.1 Å². The number of rotatable bonds is 6. The summed E-state index contributed by atoms with van der Waals surface area (Å²) >= 11 is 7.70. The van der Waals surface area contributed by atoms with Crippen molar-refractivity contribution in [2.24, 2.45) is 0 Å². The molecule has 0 amide bonds. The number of thiazole rings is 1. The number of ether oxygens (including phenoxy) is 1. The highest BCUT2D eigenvalue weighted by molar-refractivity contribution is 7.07. The largest absolute Gasteiger partial charge is 0.496 e. The minimum Gasteiger partial charge on any atom is -0.496 e. The van der Waals surface area contributed by atoms with Gasteiger partial charge in [-0.2, -0.15) is 0 Å². The van der Waals surface area contributed by atoms with Crippen LogP contribution in [0.4, 0.5) is 0 Å². The van der Waals surface area contributed by atoms with E-state index in [0.717, 1.165) is 30.0 Å². The molecule has 0 aliphatic rings. The second-order valence-electron chi connectivity index (χ2n) is 4.19. The van der Waals surface area contributed by atoms with Crippen LogP contribution in [0, 0.1) is 0 Å². The van der Waals surface area contributed by atoms with Crippen LogP contribution in [0.1, 0.15) is 30.6 Å². The predicted molar refractivity (Wildman–Crippen MR) is 80.3 cm³/mol. The number of nitrogens with one attached hydrogen (secondary N) is 1. The van der Waals surface area contributed by atoms with Gasteiger partial charge in [0.1, 0.15) is 5.75 Å². The van der Waals surface area contributed by atoms with E-state index in [2.05, 4.69) is 17.2 Å². The van der Waals surface area contributed by atoms with Gasteiger partial charge in [0.2, 0.25) is 0 Å². The van der Waals surface area contributed by atoms with Crippen molar-refractivity contribution in [3.05, 3.63) is 45.4 Å². The maximum Gasteiger partial charge on any atom is 0.124 e. The van der Waals surface area contributed by atoms with Crippen molar-refractivity contribution in [1.29, 1.82) is 0 Å². The fourth-order valence-corrected chi connectivity index (χ4v) is 2.72. The lowest BCUT2D eigenvalue weighted by Gasteiger charge is -2.20. The van der Waals surface area contributed by atoms with Gasteiger partial charge in [0.25, 0.3) is 0 Å². The van der Waals surface area contributed by atoms with Gasteiger partial charge in [-0.05, 0) is 31.2 Å². The summed E-state index contributed by atoms with van der Waals surface area (Å²) < 4.78 is 5.44. The van der Waals surface area contributed by atoms with Gasteiger partial charge in [-0.25, -0.2) is 4.98 Å². The molecule has 0 aliphatic carbocycles. The fourth-order valence-electron chi connectivity index (χ4n) is 1.96. The minimum atomic E-state index is 0.0137. The number of halogens is 1. The van der Waals surface area contributed by atoms with Crippen molar-refractivity contribution >= 4 is 22.9 Å². The maximum atomic E-state index is 6.11. The highest BCUT2D eigenvalue weighted by atomic mass is 35.5. The van der Waals surface area contributed by atoms with Crippen molar-refractivity contribution in [2.45, 2.75) is 19.4 Å². The lowest BCUT2D eigenvalue weighted by atomic mass is 10.0. The molecule has 1 heterocycles. The number of aromatic nitrogens is 1. The molecule has 0 fully saturated rings. The smallest absolute Gasteiger partial charge is 0.124 e. The van der Waals surface area contributed by atoms with Crippen LogP contribution < -0.4 is 10.1 Å². The molecule has 1 atom stereocenters. The molecule has 19 heavy (non-hydrogen) atoms. The second-order valence-corrected chi connectivity index (χ2v) is 5.34. The summed E-state index contributed by atoms with van der Waals surface area (Å²) in [5.41, 5.74) is 3.86. The highest BCUT2D eigenvalue weighted by Gasteiger charge is 2.19. The summed E-state index contributed by atoms with van der Waals surface area (Å²) in [4.78, 5) is 4.41. The van der Waals surface area contributed by atoms with Crippen molar-refractivity contribution in [1.82, 2.24) is 10.3 Å². The molecule has 0 spiro atoms. The number of methoxy groups -OCH3 is 1. The van der Waals surface area contributed by atoms with Crippen LogP contribution in [0.5, 0.6) is 5.75 Å². The third-order valence-corrected chi connectivity index (χ3v) is 3.69. The van der Waals surface area contributed by atoms with Gasteiger partial charge < -0.3 is 10.1 Å². The van der Waals surface area contributed by atoms with E-state index in [-0.39, 0.29) is 6.04 Å². The summed E-state index contributed by atoms with van der Waals surface area (Å²) in [6, 6.07) is 5.68. The molecule has 0 saturated carbocycles. The highest BCUT2D eigenvalue weighted by Crippen LogP contribution is 2.32. The predicted octanol–water partition coefficient (Wildman–Crippen LogP) is 3.89. The quantitative estimate of drug-likeness (QED) is 0.878. The van der Waals surface area contributed by atoms with Crippen molar-refractivity contribution in [2.75, 3.05) is 13.7 Å². The number of hydrogen-bond acceptors (Lipinski definition) is 4. The molecule has 2 rings (SSSR count). The summed E-state index contributed by atoms with van der Waals surface area (Å²) in [5.74, 6) is 0.825. The first-order valence-corrected chi connectivity index (χ1v) is 7.53. The van der Waals surface area contributed by atoms with Gasteiger partial charge in [-0.3, -0.25) is 0 Å². The molecule has 0 saturated heterocycles. The van der Waals surface area contributed by atoms with Crippen molar-refractivity contribution in [3.63, 3.8) is 0 Å². The fraction of sp³-hybridized carbons (Fsp3) is 0.357. The summed E-state index contributed by atoms with van der Waals surface area (Å²) in [7, 11) is 1.67. The van der Waals surface area contributed by atoms with Gasteiger partial charge in [-0.15, -0.1) is 11.3 Å². The zero-order valence-electron chi connectivity index (χ0n) is 11.0. The Bertz CT molecular complexity index is 516. The minimum absolute atomic E-state index is 0.0137. The Balaban J connectivity index is 2.39. The van der Waals surface area contributed by atoms with Gasteiger partial charge in [-0.1, -0.05) is 18.5 Å². The zero-order valence-corrected chi connectivity index (χ0v) is 12.6. The van der Waals surface area contributed by atoms with E-state index in [4.69, 9.17) is 16.3 Å². The van der Waals surface area contributed by atoms with Crippen LogP contribution in [0.2, 0.25) is 5.02 Å². The SMILES string of the molecule is CCCNC(c1cscn1)c1cc(Cl)ccc1OC. The molecule has 0 bridgehead atoms. The van der Waals surface area contributed by atoms with E-state index in [1.807, 2.05) is 29.1 Å². The Morgan fingerprint density at radius 2 is 2.32 bits per heavy atom. The standard InChI is InChI=1S/C14H17ClN2OS/c1-3-6-16-14(12-8-19-9-17-12)11-7-10(15)4-5-13(11)18-2/h4-5,7-9,14,16H,3,6H2,1-2H3. The number of nitrogens with zero attached hydrogens (tertiary/aromatic N) is 1. The van der Waals surface area contributed by atoms with Gasteiger partial charge in [0.05, 0.1) is 24.4 Å². The van der Waals surface area contributed by atoms with Crippen LogP contribution in [0.25, 0.3) is 0 Å². The molecule has 0 radical (unpaired) electrons. The zero-order chi connectivity index (χ0) is 13.7. The molecule has 1 aromatic carbocycles. The Morgan fingerprint density at radius 1 is 1.47 bits per heavy atom. The average Bonchev–Trinajstić information content (AvgIpc) is 2.93. The molecular weight excluding hydrogens is 280 g/mol. The Morgan fingerprint density at radius 3 is 2.95 bits per heavy atom. The van der Waals surface area contributed by atoms with Gasteiger partial charge in [0.15, 0.2) is 0 Å². The normalized spacial score (nSPS) is 12.4. The molecule has 1 aromatic heterocycles. The monoisotopic (exact) mass is 296 g/mol. The van der Waals surface area contributed by atoms with Crippen molar-refractivity contribution in [3.8, 4) is 5.75 Å². The maximum absolute atomic E-state index is 6.11. The Hall–Kier alpha value is -1.10. The second kappa shape index (κ2) is 6.89. The average molecular weight is 297 g/mol. The van der Waals surface area contributed by atoms with E-state index >= 15 is 0 Å².